The second-order valence-electron chi connectivity index (χ2n) is 15.9. The van der Waals surface area contributed by atoms with E-state index in [1.54, 1.807) is 6.92 Å². The predicted molar refractivity (Wildman–Crippen MR) is 239 cm³/mol. The summed E-state index contributed by atoms with van der Waals surface area (Å²) >= 11 is 0. The highest BCUT2D eigenvalue weighted by molar-refractivity contribution is 7.52. The molecule has 0 bridgehead atoms. The first kappa shape index (κ1) is 45.1. The molecule has 0 aliphatic carbocycles. The van der Waals surface area contributed by atoms with E-state index in [1.165, 1.54) is 46.6 Å². The summed E-state index contributed by atoms with van der Waals surface area (Å²) in [4.78, 5) is 22.2. The maximum absolute atomic E-state index is 16.2. The topological polar surface area (TPSA) is 159 Å². The second-order valence-corrected chi connectivity index (χ2v) is 17.9. The van der Waals surface area contributed by atoms with E-state index in [-0.39, 0.29) is 12.3 Å². The Balaban J connectivity index is 0.871. The van der Waals surface area contributed by atoms with Gasteiger partial charge in [0.15, 0.2) is 5.60 Å². The SMILES string of the molecule is CC[C@@H]([C@H](C)OP(C)(=O)OCc1ccccc1)n1ncn(-c2ccc(N3CCN(c4ccc(-c5ccc(C(F)(F)C(O)(Cn6cnnn6)c6ccccc6F)nc5)cc4)CC3)cc2)c1=O. The molecule has 4 heterocycles. The smallest absolute Gasteiger partial charge is 0.350 e. The molecule has 1 fully saturated rings. The zero-order chi connectivity index (χ0) is 45.8. The van der Waals surface area contributed by atoms with Crippen molar-refractivity contribution >= 4 is 19.0 Å². The van der Waals surface area contributed by atoms with Gasteiger partial charge in [0.25, 0.3) is 0 Å². The van der Waals surface area contributed by atoms with Gasteiger partial charge in [0.05, 0.1) is 31.0 Å². The second kappa shape index (κ2) is 18.9. The van der Waals surface area contributed by atoms with Crippen molar-refractivity contribution in [3.05, 3.63) is 167 Å². The van der Waals surface area contributed by atoms with Crippen molar-refractivity contribution in [3.8, 4) is 16.8 Å². The van der Waals surface area contributed by atoms with Gasteiger partial charge in [-0.05, 0) is 83.4 Å². The lowest BCUT2D eigenvalue weighted by molar-refractivity contribution is -0.207. The van der Waals surface area contributed by atoms with E-state index in [4.69, 9.17) is 9.05 Å². The Morgan fingerprint density at radius 2 is 1.43 bits per heavy atom. The summed E-state index contributed by atoms with van der Waals surface area (Å²) in [5.74, 6) is -5.05. The average Bonchev–Trinajstić information content (AvgIpc) is 3.98. The van der Waals surface area contributed by atoms with E-state index >= 15 is 8.78 Å². The van der Waals surface area contributed by atoms with Gasteiger partial charge in [0.1, 0.15) is 24.2 Å². The molecule has 4 aromatic carbocycles. The van der Waals surface area contributed by atoms with Crippen LogP contribution in [0.3, 0.4) is 0 Å². The zero-order valence-electron chi connectivity index (χ0n) is 35.9. The van der Waals surface area contributed by atoms with Gasteiger partial charge in [-0.25, -0.2) is 23.1 Å². The number of nitrogens with zero attached hydrogens (tertiary/aromatic N) is 10. The van der Waals surface area contributed by atoms with Crippen molar-refractivity contribution in [2.75, 3.05) is 42.6 Å². The largest absolute Gasteiger partial charge is 0.377 e. The molecular weight excluding hydrogens is 861 g/mol. The number of piperazine rings is 1. The minimum Gasteiger partial charge on any atom is -0.377 e. The van der Waals surface area contributed by atoms with Crippen molar-refractivity contribution in [3.63, 3.8) is 0 Å². The fourth-order valence-corrected chi connectivity index (χ4v) is 9.29. The number of halogens is 3. The summed E-state index contributed by atoms with van der Waals surface area (Å²) in [6, 6.07) is 31.8. The van der Waals surface area contributed by atoms with Crippen molar-refractivity contribution in [1.82, 2.24) is 39.5 Å². The Morgan fingerprint density at radius 3 is 2.03 bits per heavy atom. The van der Waals surface area contributed by atoms with Crippen LogP contribution in [-0.4, -0.2) is 83.6 Å². The fourth-order valence-electron chi connectivity index (χ4n) is 8.10. The molecule has 0 amide bonds. The Labute approximate surface area is 373 Å². The number of hydrogen-bond acceptors (Lipinski definition) is 12. The molecular formula is C46H48F3N10O5P. The maximum atomic E-state index is 16.2. The summed E-state index contributed by atoms with van der Waals surface area (Å²) in [6.45, 7) is 7.41. The highest BCUT2D eigenvalue weighted by Crippen LogP contribution is 2.48. The van der Waals surface area contributed by atoms with Gasteiger partial charge in [-0.15, -0.1) is 5.10 Å². The van der Waals surface area contributed by atoms with Crippen molar-refractivity contribution in [2.24, 2.45) is 0 Å². The van der Waals surface area contributed by atoms with Gasteiger partial charge in [-0.1, -0.05) is 73.7 Å². The fraction of sp³-hybridized carbons (Fsp3) is 0.304. The molecule has 0 saturated carbocycles. The molecule has 2 unspecified atom stereocenters. The first-order chi connectivity index (χ1) is 31.3. The van der Waals surface area contributed by atoms with Crippen molar-refractivity contribution in [2.45, 2.75) is 57.1 Å². The third-order valence-electron chi connectivity index (χ3n) is 11.7. The molecule has 3 aromatic heterocycles. The number of hydrogen-bond donors (Lipinski definition) is 1. The van der Waals surface area contributed by atoms with E-state index in [0.29, 0.717) is 17.7 Å². The Morgan fingerprint density at radius 1 is 0.815 bits per heavy atom. The van der Waals surface area contributed by atoms with Crippen LogP contribution >= 0.6 is 7.60 Å². The average molecular weight is 909 g/mol. The van der Waals surface area contributed by atoms with Crippen LogP contribution in [0.1, 0.15) is 43.1 Å². The molecule has 338 valence electrons. The Bertz CT molecular complexity index is 2770. The molecule has 4 atom stereocenters. The van der Waals surface area contributed by atoms with E-state index in [1.807, 2.05) is 85.8 Å². The number of pyridine rings is 1. The highest BCUT2D eigenvalue weighted by Gasteiger charge is 2.58. The summed E-state index contributed by atoms with van der Waals surface area (Å²) in [6.07, 6.45) is 3.74. The molecule has 15 nitrogen and oxygen atoms in total. The highest BCUT2D eigenvalue weighted by atomic mass is 31.2. The van der Waals surface area contributed by atoms with Gasteiger partial charge in [-0.2, -0.15) is 13.9 Å². The van der Waals surface area contributed by atoms with E-state index in [0.717, 1.165) is 77.9 Å². The van der Waals surface area contributed by atoms with Crippen LogP contribution in [0.4, 0.5) is 24.5 Å². The molecule has 65 heavy (non-hydrogen) atoms. The van der Waals surface area contributed by atoms with Gasteiger partial charge >= 0.3 is 19.2 Å². The van der Waals surface area contributed by atoms with E-state index in [9.17, 15) is 18.9 Å². The van der Waals surface area contributed by atoms with Crippen molar-refractivity contribution in [1.29, 1.82) is 0 Å². The predicted octanol–water partition coefficient (Wildman–Crippen LogP) is 7.62. The van der Waals surface area contributed by atoms with E-state index in [2.05, 4.69) is 35.4 Å². The molecule has 1 N–H and O–H groups in total. The molecule has 1 aliphatic rings. The number of benzene rings is 4. The number of aliphatic hydroxyl groups is 1. The lowest BCUT2D eigenvalue weighted by Gasteiger charge is -2.37. The lowest BCUT2D eigenvalue weighted by Crippen LogP contribution is -2.48. The minimum absolute atomic E-state index is 0.142. The normalized spacial score (nSPS) is 16.2. The lowest BCUT2D eigenvalue weighted by atomic mass is 9.84. The molecule has 7 aromatic rings. The van der Waals surface area contributed by atoms with Gasteiger partial charge in [0.2, 0.25) is 0 Å². The number of anilines is 2. The first-order valence-corrected chi connectivity index (χ1v) is 23.1. The third-order valence-corrected chi connectivity index (χ3v) is 13.0. The van der Waals surface area contributed by atoms with Crippen LogP contribution < -0.4 is 15.5 Å². The van der Waals surface area contributed by atoms with Crippen LogP contribution in [0.5, 0.6) is 0 Å². The van der Waals surface area contributed by atoms with Crippen LogP contribution in [0, 0.1) is 5.82 Å². The third kappa shape index (κ3) is 9.66. The molecule has 8 rings (SSSR count). The molecule has 1 saturated heterocycles. The number of aromatic nitrogens is 8. The summed E-state index contributed by atoms with van der Waals surface area (Å²) < 4.78 is 75.9. The van der Waals surface area contributed by atoms with Gasteiger partial charge in [-0.3, -0.25) is 9.55 Å². The molecule has 1 aliphatic heterocycles. The maximum Gasteiger partial charge on any atom is 0.350 e. The van der Waals surface area contributed by atoms with Crippen LogP contribution in [-0.2, 0) is 38.3 Å². The molecule has 0 radical (unpaired) electrons. The molecule has 19 heteroatoms. The number of alkyl halides is 2. The number of rotatable bonds is 17. The van der Waals surface area contributed by atoms with Gasteiger partial charge in [0, 0.05) is 61.5 Å². The van der Waals surface area contributed by atoms with Crippen LogP contribution in [0.2, 0.25) is 0 Å². The minimum atomic E-state index is -4.05. The monoisotopic (exact) mass is 908 g/mol. The van der Waals surface area contributed by atoms with Crippen LogP contribution in [0.15, 0.2) is 139 Å². The summed E-state index contributed by atoms with van der Waals surface area (Å²) in [5, 5.41) is 26.4. The standard InChI is InChI=1S/C46H48F3N10O5P/c1-4-42(33(2)64-65(3,62)63-29-34-10-6-5-7-11-34)59-44(60)58(32-52-59)39-21-19-38(20-22-39)56-26-24-55(25-27-56)37-17-14-35(15-18-37)36-16-23-43(50-28-36)46(48,49)45(61,30-57-31-51-53-54-57)40-12-8-9-13-41(40)47/h5-23,28,31-33,42,61H,4,24-27,29-30H2,1-3H3/t33-,42-,45?,65?/m0/s1. The summed E-state index contributed by atoms with van der Waals surface area (Å²) in [5.41, 5.74) is 0.104. The van der Waals surface area contributed by atoms with Crippen LogP contribution in [0.25, 0.3) is 16.8 Å². The quantitative estimate of drug-likeness (QED) is 0.0893. The summed E-state index contributed by atoms with van der Waals surface area (Å²) in [7, 11) is -3.44. The number of tetrazole rings is 1. The van der Waals surface area contributed by atoms with Gasteiger partial charge < -0.3 is 24.0 Å². The van der Waals surface area contributed by atoms with Crippen molar-refractivity contribution < 1.29 is 31.9 Å². The Hall–Kier alpha value is -6.46. The molecule has 0 spiro atoms. The van der Waals surface area contributed by atoms with E-state index < -0.39 is 54.9 Å². The Kier molecular flexibility index (Phi) is 13.1. The zero-order valence-corrected chi connectivity index (χ0v) is 36.8. The first-order valence-electron chi connectivity index (χ1n) is 21.1.